The molecular weight excluding hydrogens is 520 g/mol. The van der Waals surface area contributed by atoms with Crippen molar-refractivity contribution in [2.24, 2.45) is 23.8 Å². The van der Waals surface area contributed by atoms with Crippen LogP contribution < -0.4 is 21.9 Å². The number of primary amides is 1. The van der Waals surface area contributed by atoms with E-state index in [1.54, 1.807) is 61.9 Å². The second-order valence-electron chi connectivity index (χ2n) is 10.0. The van der Waals surface area contributed by atoms with E-state index in [-0.39, 0.29) is 16.6 Å². The molecule has 2 aromatic heterocycles. The highest BCUT2D eigenvalue weighted by atomic mass is 16.2. The number of nitrogens with two attached hydrogens (primary N) is 1. The van der Waals surface area contributed by atoms with Gasteiger partial charge in [0.25, 0.3) is 5.56 Å². The maximum absolute atomic E-state index is 13.3. The van der Waals surface area contributed by atoms with E-state index in [0.29, 0.717) is 46.9 Å². The first kappa shape index (κ1) is 26.3. The average Bonchev–Trinajstić information content (AvgIpc) is 3.36. The Morgan fingerprint density at radius 3 is 2.93 bits per heavy atom. The zero-order chi connectivity index (χ0) is 29.9. The monoisotopic (exact) mass is 555 g/mol. The van der Waals surface area contributed by atoms with Gasteiger partial charge in [0, 0.05) is 43.7 Å². The van der Waals surface area contributed by atoms with Crippen LogP contribution in [0.3, 0.4) is 0 Å². The van der Waals surface area contributed by atoms with Crippen molar-refractivity contribution in [1.29, 1.82) is 0 Å². The van der Waals surface area contributed by atoms with Gasteiger partial charge in [0.15, 0.2) is 5.70 Å². The number of anilines is 1. The van der Waals surface area contributed by atoms with Crippen molar-refractivity contribution in [1.82, 2.24) is 19.9 Å². The number of pyridine rings is 1. The molecular formula is C30H33N8O3+. The summed E-state index contributed by atoms with van der Waals surface area (Å²) in [5.41, 5.74) is 8.01. The van der Waals surface area contributed by atoms with Gasteiger partial charge < -0.3 is 11.1 Å². The summed E-state index contributed by atoms with van der Waals surface area (Å²) in [4.78, 5) is 46.3. The standard InChI is InChI=1S/C30H32N8O3/c1-3-4-13-38(24-10-5-7-20(14-24)15-26(31)39)27(11-12-34-38)36-30(41)35-23-9-6-8-21(16-23)25-17-22-18-32-19-33-28(22)37(2)29(25)40/h5-6,8-12,14,16-20H,3-4,7,13,15H2,1-2H3,(H3-,31,34,35,36,39,41)/p+1/i20T. The molecule has 3 aromatic rings. The van der Waals surface area contributed by atoms with Crippen molar-refractivity contribution in [3.63, 3.8) is 0 Å². The quantitative estimate of drug-likeness (QED) is 0.343. The lowest BCUT2D eigenvalue weighted by atomic mass is 9.94. The van der Waals surface area contributed by atoms with Gasteiger partial charge in [-0.2, -0.15) is 0 Å². The van der Waals surface area contributed by atoms with Crippen LogP contribution in [0.15, 0.2) is 88.6 Å². The number of urea groups is 1. The molecule has 0 bridgehead atoms. The van der Waals surface area contributed by atoms with Crippen molar-refractivity contribution < 1.29 is 15.6 Å². The minimum Gasteiger partial charge on any atom is -0.370 e. The number of hydrogen-bond acceptors (Lipinski definition) is 6. The van der Waals surface area contributed by atoms with Crippen molar-refractivity contribution in [2.75, 3.05) is 11.9 Å². The third-order valence-corrected chi connectivity index (χ3v) is 7.12. The van der Waals surface area contributed by atoms with Gasteiger partial charge in [-0.15, -0.1) is 4.59 Å². The van der Waals surface area contributed by atoms with E-state index in [2.05, 4.69) is 27.5 Å². The molecule has 11 nitrogen and oxygen atoms in total. The summed E-state index contributed by atoms with van der Waals surface area (Å²) in [5.74, 6) is -1.23. The number of nitrogens with zero attached hydrogens (tertiary/aromatic N) is 5. The van der Waals surface area contributed by atoms with Crippen LogP contribution >= 0.6 is 0 Å². The number of rotatable bonds is 9. The third kappa shape index (κ3) is 5.71. The maximum Gasteiger partial charge on any atom is 0.327 e. The molecule has 0 fully saturated rings. The lowest BCUT2D eigenvalue weighted by Crippen LogP contribution is -2.47. The van der Waals surface area contributed by atoms with Gasteiger partial charge in [0.2, 0.25) is 11.7 Å². The Hall–Kier alpha value is -4.90. The van der Waals surface area contributed by atoms with Crippen LogP contribution in [-0.2, 0) is 11.8 Å². The predicted octanol–water partition coefficient (Wildman–Crippen LogP) is 3.91. The Bertz CT molecular complexity index is 1740. The van der Waals surface area contributed by atoms with E-state index in [9.17, 15) is 14.4 Å². The van der Waals surface area contributed by atoms with Crippen LogP contribution in [0.2, 0.25) is 0 Å². The second-order valence-corrected chi connectivity index (χ2v) is 10.0. The number of fused-ring (bicyclic) bond motifs is 1. The average molecular weight is 556 g/mol. The number of benzene rings is 1. The highest BCUT2D eigenvalue weighted by Gasteiger charge is 2.41. The minimum absolute atomic E-state index is 0.0353. The minimum atomic E-state index is -1.19. The highest BCUT2D eigenvalue weighted by Crippen LogP contribution is 2.34. The number of nitrogens with one attached hydrogen (secondary N) is 2. The van der Waals surface area contributed by atoms with Crippen LogP contribution in [0.4, 0.5) is 10.5 Å². The summed E-state index contributed by atoms with van der Waals surface area (Å²) in [7, 11) is 1.66. The molecule has 0 saturated heterocycles. The molecule has 1 aliphatic heterocycles. The SMILES string of the molecule is [3H]C1(CC(N)=O)C=C([N+]2(CCCC)N=CC=C2NC(=O)Nc2cccc(-c3cc4cncnc4n(C)c3=O)c2)C=CC1. The normalized spacial score (nSPS) is 21.8. The van der Waals surface area contributed by atoms with E-state index in [1.807, 2.05) is 12.2 Å². The van der Waals surface area contributed by atoms with Crippen molar-refractivity contribution in [3.8, 4) is 11.1 Å². The molecule has 4 N–H and O–H groups in total. The Balaban J connectivity index is 1.39. The lowest BCUT2D eigenvalue weighted by molar-refractivity contribution is -0.858. The molecule has 5 rings (SSSR count). The zero-order valence-electron chi connectivity index (χ0n) is 24.0. The number of carbonyl (C=O) groups excluding carboxylic acids is 2. The van der Waals surface area contributed by atoms with Crippen molar-refractivity contribution >= 4 is 34.9 Å². The molecule has 2 unspecified atom stereocenters. The summed E-state index contributed by atoms with van der Waals surface area (Å²) in [5, 5.41) is 11.3. The summed E-state index contributed by atoms with van der Waals surface area (Å²) in [6.07, 6.45) is 13.8. The fraction of sp³-hybridized carbons (Fsp3) is 0.267. The summed E-state index contributed by atoms with van der Waals surface area (Å²) >= 11 is 0. The molecule has 2 aliphatic rings. The molecule has 210 valence electrons. The van der Waals surface area contributed by atoms with E-state index in [0.717, 1.165) is 18.2 Å². The number of aromatic nitrogens is 3. The number of unbranched alkanes of at least 4 members (excludes halogenated alkanes) is 1. The molecule has 0 radical (unpaired) electrons. The van der Waals surface area contributed by atoms with Crippen LogP contribution in [-0.4, -0.2) is 43.8 Å². The number of quaternary nitrogens is 1. The molecule has 2 atom stereocenters. The molecule has 41 heavy (non-hydrogen) atoms. The van der Waals surface area contributed by atoms with Gasteiger partial charge in [-0.25, -0.2) is 14.8 Å². The maximum atomic E-state index is 13.3. The Morgan fingerprint density at radius 1 is 1.27 bits per heavy atom. The fourth-order valence-corrected chi connectivity index (χ4v) is 5.12. The molecule has 0 saturated carbocycles. The van der Waals surface area contributed by atoms with Crippen LogP contribution in [0.5, 0.6) is 0 Å². The fourth-order valence-electron chi connectivity index (χ4n) is 5.12. The van der Waals surface area contributed by atoms with Crippen LogP contribution in [0.25, 0.3) is 22.2 Å². The number of amides is 3. The third-order valence-electron chi connectivity index (χ3n) is 7.12. The van der Waals surface area contributed by atoms with E-state index in [1.165, 1.54) is 10.9 Å². The number of aryl methyl sites for hydroxylation is 1. The second kappa shape index (κ2) is 11.7. The van der Waals surface area contributed by atoms with Gasteiger partial charge in [-0.1, -0.05) is 36.7 Å². The lowest BCUT2D eigenvalue weighted by Gasteiger charge is -2.33. The number of hydrogen-bond donors (Lipinski definition) is 3. The molecule has 1 aromatic carbocycles. The Labute approximate surface area is 238 Å². The largest absolute Gasteiger partial charge is 0.370 e. The summed E-state index contributed by atoms with van der Waals surface area (Å²) in [6.45, 7) is 2.61. The molecule has 3 amide bonds. The van der Waals surface area contributed by atoms with E-state index in [4.69, 9.17) is 12.2 Å². The first-order valence-corrected chi connectivity index (χ1v) is 13.5. The zero-order valence-corrected chi connectivity index (χ0v) is 23.0. The summed E-state index contributed by atoms with van der Waals surface area (Å²) in [6, 6.07) is 8.29. The molecule has 11 heteroatoms. The van der Waals surface area contributed by atoms with Gasteiger partial charge in [-0.3, -0.25) is 19.5 Å². The van der Waals surface area contributed by atoms with Crippen molar-refractivity contribution in [3.05, 3.63) is 89.0 Å². The number of carbonyl (C=O) groups is 2. The smallest absolute Gasteiger partial charge is 0.327 e. The Kier molecular flexibility index (Phi) is 7.50. The van der Waals surface area contributed by atoms with E-state index < -0.39 is 17.8 Å². The van der Waals surface area contributed by atoms with Crippen LogP contribution in [0, 0.1) is 5.89 Å². The highest BCUT2D eigenvalue weighted by molar-refractivity contribution is 5.92. The van der Waals surface area contributed by atoms with Gasteiger partial charge in [0.05, 0.1) is 6.21 Å². The van der Waals surface area contributed by atoms with E-state index >= 15 is 0 Å². The van der Waals surface area contributed by atoms with Gasteiger partial charge in [0.1, 0.15) is 18.5 Å². The molecule has 3 heterocycles. The summed E-state index contributed by atoms with van der Waals surface area (Å²) < 4.78 is 10.2. The van der Waals surface area contributed by atoms with Crippen LogP contribution in [0.1, 0.15) is 34.0 Å². The molecule has 1 aliphatic carbocycles. The first-order valence-electron chi connectivity index (χ1n) is 14.0. The van der Waals surface area contributed by atoms with Gasteiger partial charge >= 0.3 is 6.03 Å². The van der Waals surface area contributed by atoms with Gasteiger partial charge in [-0.05, 0) is 54.7 Å². The van der Waals surface area contributed by atoms with Crippen molar-refractivity contribution in [2.45, 2.75) is 32.6 Å². The topological polar surface area (TPSA) is 144 Å². The predicted molar refractivity (Wildman–Crippen MR) is 158 cm³/mol. The Morgan fingerprint density at radius 2 is 2.12 bits per heavy atom. The first-order chi connectivity index (χ1) is 20.1. The number of allylic oxidation sites excluding steroid dienone is 4. The molecule has 0 spiro atoms.